The maximum atomic E-state index is 9.93. The Morgan fingerprint density at radius 3 is 2.71 bits per heavy atom. The quantitative estimate of drug-likeness (QED) is 0.405. The Bertz CT molecular complexity index is 107. The lowest BCUT2D eigenvalue weighted by molar-refractivity contribution is -0.139. The molecule has 4 heteroatoms. The zero-order valence-electron chi connectivity index (χ0n) is 5.53. The molecule has 0 saturated carbocycles. The topological polar surface area (TPSA) is 83.5 Å². The fourth-order valence-corrected chi connectivity index (χ4v) is 0.0781. The maximum absolute atomic E-state index is 9.93. The van der Waals surface area contributed by atoms with E-state index in [1.165, 1.54) is 0 Å². The van der Waals surface area contributed by atoms with Crippen LogP contribution >= 0.6 is 0 Å². The van der Waals surface area contributed by atoms with Crippen LogP contribution in [0.2, 0.25) is 2.82 Å². The highest BCUT2D eigenvalue weighted by Gasteiger charge is 2.06. The van der Waals surface area contributed by atoms with Gasteiger partial charge in [0.25, 0.3) is 0 Å². The molecule has 0 fully saturated rings. The van der Waals surface area contributed by atoms with Gasteiger partial charge in [0.05, 0.1) is 6.61 Å². The number of nitrogens with two attached hydrogens (primary N) is 1. The molecule has 1 atom stereocenters. The summed E-state index contributed by atoms with van der Waals surface area (Å²) in [7, 11) is 0. The highest BCUT2D eigenvalue weighted by atomic mass is 16.4. The third kappa shape index (κ3) is 2.13. The summed E-state index contributed by atoms with van der Waals surface area (Å²) < 4.78 is 12.8. The average Bonchev–Trinajstić information content (AvgIpc) is 1.64. The van der Waals surface area contributed by atoms with Crippen molar-refractivity contribution in [2.45, 2.75) is 6.04 Å². The van der Waals surface area contributed by atoms with Crippen LogP contribution in [0, 0.1) is 0 Å². The normalized spacial score (nSPS) is 18.0. The molecule has 0 aromatic rings. The summed E-state index contributed by atoms with van der Waals surface area (Å²) in [6, 6.07) is -1.44. The van der Waals surface area contributed by atoms with Crippen molar-refractivity contribution < 1.29 is 17.8 Å². The molecule has 0 aliphatic heterocycles. The van der Waals surface area contributed by atoms with Crippen molar-refractivity contribution in [3.8, 4) is 0 Å². The Labute approximate surface area is 43.5 Å². The second kappa shape index (κ2) is 2.54. The molecular formula is C3H7NO3. The van der Waals surface area contributed by atoms with Gasteiger partial charge in [0.1, 0.15) is 8.87 Å². The Hall–Kier alpha value is -0.610. The van der Waals surface area contributed by atoms with Crippen molar-refractivity contribution in [1.82, 2.24) is 0 Å². The number of carbonyl (C=O) groups is 1. The van der Waals surface area contributed by atoms with E-state index in [0.717, 1.165) is 0 Å². The summed E-state index contributed by atoms with van der Waals surface area (Å²) in [4.78, 5) is 9.93. The average molecular weight is 107 g/mol. The van der Waals surface area contributed by atoms with Crippen molar-refractivity contribution in [2.75, 3.05) is 6.61 Å². The zero-order valence-corrected chi connectivity index (χ0v) is 3.53. The minimum absolute atomic E-state index is 0.0532. The number of aliphatic hydroxyl groups excluding tert-OH is 1. The van der Waals surface area contributed by atoms with Crippen LogP contribution in [-0.4, -0.2) is 28.8 Å². The predicted molar refractivity (Wildman–Crippen MR) is 22.7 cm³/mol. The molecule has 0 heterocycles. The number of aliphatic hydroxyl groups is 1. The lowest BCUT2D eigenvalue weighted by Gasteiger charge is -1.96. The fraction of sp³-hybridized carbons (Fsp3) is 0.667. The molecule has 0 radical (unpaired) electrons. The van der Waals surface area contributed by atoms with E-state index in [1.54, 1.807) is 0 Å². The second-order valence-electron chi connectivity index (χ2n) is 1.04. The number of hydrogen-bond donors (Lipinski definition) is 3. The standard InChI is InChI=1S/C3H7NO3/c4-2(1-5)3(6)7/h2,5H,1,4H2,(H,6,7)/t2-/m0/s1/i/hD2. The van der Waals surface area contributed by atoms with E-state index >= 15 is 0 Å². The van der Waals surface area contributed by atoms with Gasteiger partial charge in [-0.1, -0.05) is 0 Å². The van der Waals surface area contributed by atoms with Crippen molar-refractivity contribution in [3.05, 3.63) is 0 Å². The second-order valence-corrected chi connectivity index (χ2v) is 1.04. The van der Waals surface area contributed by atoms with E-state index in [-0.39, 0.29) is 5.72 Å². The summed E-state index contributed by atoms with van der Waals surface area (Å²) >= 11 is 0. The summed E-state index contributed by atoms with van der Waals surface area (Å²) in [5.41, 5.74) is -0.0532. The molecule has 0 saturated heterocycles. The van der Waals surface area contributed by atoms with Crippen LogP contribution in [-0.2, 0) is 4.79 Å². The summed E-state index contributed by atoms with van der Waals surface area (Å²) in [6.07, 6.45) is 0. The number of hydrogen-bond acceptors (Lipinski definition) is 3. The molecule has 0 aliphatic carbocycles. The van der Waals surface area contributed by atoms with Gasteiger partial charge < -0.3 is 15.9 Å². The molecular weight excluding hydrogens is 98.0 g/mol. The van der Waals surface area contributed by atoms with Crippen LogP contribution in [0.3, 0.4) is 0 Å². The first-order valence-corrected chi connectivity index (χ1v) is 1.70. The van der Waals surface area contributed by atoms with Crippen molar-refractivity contribution in [1.29, 1.82) is 0 Å². The van der Waals surface area contributed by atoms with Crippen LogP contribution in [0.15, 0.2) is 0 Å². The highest BCUT2D eigenvalue weighted by Crippen LogP contribution is 1.71. The summed E-state index contributed by atoms with van der Waals surface area (Å²) in [5, 5.41) is 16.3. The molecule has 0 aliphatic rings. The van der Waals surface area contributed by atoms with E-state index in [0.29, 0.717) is 0 Å². The van der Waals surface area contributed by atoms with Crippen LogP contribution in [0.4, 0.5) is 0 Å². The molecule has 0 bridgehead atoms. The minimum Gasteiger partial charge on any atom is -0.480 e. The first-order chi connectivity index (χ1) is 4.09. The Morgan fingerprint density at radius 2 is 2.71 bits per heavy atom. The third-order valence-electron chi connectivity index (χ3n) is 0.458. The van der Waals surface area contributed by atoms with Crippen molar-refractivity contribution in [2.24, 2.45) is 5.72 Å². The number of aliphatic carboxylic acids is 1. The van der Waals surface area contributed by atoms with Gasteiger partial charge in [0, 0.05) is 0 Å². The molecule has 0 aromatic carbocycles. The monoisotopic (exact) mass is 107 g/mol. The lowest BCUT2D eigenvalue weighted by Crippen LogP contribution is -2.33. The molecule has 0 spiro atoms. The predicted octanol–water partition coefficient (Wildman–Crippen LogP) is -1.61. The van der Waals surface area contributed by atoms with Gasteiger partial charge in [-0.2, -0.15) is 0 Å². The fourth-order valence-electron chi connectivity index (χ4n) is 0.0781. The van der Waals surface area contributed by atoms with E-state index in [2.05, 4.69) is 0 Å². The minimum atomic E-state index is -1.44. The Kier molecular flexibility index (Phi) is 1.24. The molecule has 4 N–H and O–H groups in total. The molecule has 4 nitrogen and oxygen atoms in total. The van der Waals surface area contributed by atoms with Crippen LogP contribution in [0.1, 0.15) is 0 Å². The molecule has 0 unspecified atom stereocenters. The van der Waals surface area contributed by atoms with Crippen molar-refractivity contribution >= 4 is 5.97 Å². The van der Waals surface area contributed by atoms with Gasteiger partial charge in [-0.05, 0) is 0 Å². The number of rotatable bonds is 3. The number of carboxylic acid groups (broad SMARTS) is 1. The first-order valence-electron chi connectivity index (χ1n) is 2.59. The van der Waals surface area contributed by atoms with Crippen molar-refractivity contribution in [3.63, 3.8) is 0 Å². The van der Waals surface area contributed by atoms with Crippen LogP contribution < -0.4 is 5.72 Å². The van der Waals surface area contributed by atoms with Gasteiger partial charge in [-0.25, -0.2) is 0 Å². The Morgan fingerprint density at radius 1 is 2.14 bits per heavy atom. The van der Waals surface area contributed by atoms with Gasteiger partial charge in [-0.15, -0.1) is 0 Å². The largest absolute Gasteiger partial charge is 0.480 e. The Balaban J connectivity index is 3.83. The van der Waals surface area contributed by atoms with E-state index < -0.39 is 18.6 Å². The highest BCUT2D eigenvalue weighted by molar-refractivity contribution is 5.73. The van der Waals surface area contributed by atoms with Gasteiger partial charge >= 0.3 is 5.97 Å². The van der Waals surface area contributed by atoms with E-state index in [4.69, 9.17) is 13.0 Å². The summed E-state index contributed by atoms with van der Waals surface area (Å²) in [5.74, 6) is -1.37. The first kappa shape index (κ1) is 3.40. The number of carboxylic acids is 1. The molecule has 0 aromatic heterocycles. The van der Waals surface area contributed by atoms with E-state index in [9.17, 15) is 4.79 Å². The van der Waals surface area contributed by atoms with Gasteiger partial charge in [-0.3, -0.25) is 4.79 Å². The SMILES string of the molecule is [2H]N([2H])[C@@H](CO)C(=O)O. The smallest absolute Gasteiger partial charge is 0.322 e. The lowest BCUT2D eigenvalue weighted by atomic mass is 10.3. The maximum Gasteiger partial charge on any atom is 0.322 e. The summed E-state index contributed by atoms with van der Waals surface area (Å²) in [6.45, 7) is -0.720. The van der Waals surface area contributed by atoms with Gasteiger partial charge in [0.2, 0.25) is 0 Å². The van der Waals surface area contributed by atoms with Crippen LogP contribution in [0.5, 0.6) is 0 Å². The van der Waals surface area contributed by atoms with Gasteiger partial charge in [0.15, 0.2) is 0 Å². The zero-order chi connectivity index (χ0) is 7.44. The van der Waals surface area contributed by atoms with Crippen LogP contribution in [0.25, 0.3) is 0 Å². The molecule has 0 amide bonds. The molecule has 42 valence electrons. The van der Waals surface area contributed by atoms with E-state index in [1.807, 2.05) is 0 Å². The third-order valence-corrected chi connectivity index (χ3v) is 0.458. The molecule has 0 rings (SSSR count). The molecule has 7 heavy (non-hydrogen) atoms.